The molecule has 0 amide bonds. The molecule has 8 heteroatoms. The van der Waals surface area contributed by atoms with Crippen LogP contribution >= 0.6 is 15.9 Å². The van der Waals surface area contributed by atoms with Crippen LogP contribution in [0, 0.1) is 11.6 Å². The van der Waals surface area contributed by atoms with Gasteiger partial charge in [0.25, 0.3) is 0 Å². The number of ether oxygens (including phenoxy) is 1. The standard InChI is InChI=1S/C12H11BrF2N4O/c1-2-17-9-5-10(19-12(16)18-9)20-8-4-6(13)3-7(14)11(8)15/h3-5H,2H2,1H3,(H3,16,17,18,19). The Bertz CT molecular complexity index is 639. The summed E-state index contributed by atoms with van der Waals surface area (Å²) in [4.78, 5) is 7.73. The molecule has 0 atom stereocenters. The van der Waals surface area contributed by atoms with Crippen LogP contribution in [0.15, 0.2) is 22.7 Å². The fraction of sp³-hybridized carbons (Fsp3) is 0.167. The van der Waals surface area contributed by atoms with Crippen molar-refractivity contribution in [1.29, 1.82) is 0 Å². The molecule has 2 aromatic rings. The molecule has 0 unspecified atom stereocenters. The Morgan fingerprint density at radius 2 is 2.05 bits per heavy atom. The van der Waals surface area contributed by atoms with Gasteiger partial charge in [-0.25, -0.2) is 4.39 Å². The van der Waals surface area contributed by atoms with Crippen LogP contribution in [0.5, 0.6) is 11.6 Å². The Morgan fingerprint density at radius 1 is 1.30 bits per heavy atom. The van der Waals surface area contributed by atoms with Gasteiger partial charge in [0, 0.05) is 17.1 Å². The number of nitrogens with two attached hydrogens (primary N) is 1. The highest BCUT2D eigenvalue weighted by Crippen LogP contribution is 2.29. The van der Waals surface area contributed by atoms with Crippen LogP contribution in [-0.4, -0.2) is 16.5 Å². The van der Waals surface area contributed by atoms with Crippen molar-refractivity contribution < 1.29 is 13.5 Å². The molecule has 0 aliphatic carbocycles. The van der Waals surface area contributed by atoms with Crippen molar-refractivity contribution in [3.05, 3.63) is 34.3 Å². The van der Waals surface area contributed by atoms with Gasteiger partial charge in [0.2, 0.25) is 17.6 Å². The molecule has 0 saturated carbocycles. The summed E-state index contributed by atoms with van der Waals surface area (Å²) in [6, 6.07) is 3.74. The quantitative estimate of drug-likeness (QED) is 0.832. The van der Waals surface area contributed by atoms with Gasteiger partial charge < -0.3 is 15.8 Å². The number of benzene rings is 1. The van der Waals surface area contributed by atoms with E-state index in [9.17, 15) is 8.78 Å². The van der Waals surface area contributed by atoms with Crippen LogP contribution in [0.4, 0.5) is 20.5 Å². The summed E-state index contributed by atoms with van der Waals surface area (Å²) in [6.07, 6.45) is 0. The highest BCUT2D eigenvalue weighted by atomic mass is 79.9. The molecule has 2 rings (SSSR count). The highest BCUT2D eigenvalue weighted by molar-refractivity contribution is 9.10. The maximum atomic E-state index is 13.6. The molecule has 0 bridgehead atoms. The predicted octanol–water partition coefficient (Wildman–Crippen LogP) is 3.32. The molecule has 0 radical (unpaired) electrons. The van der Waals surface area contributed by atoms with Crippen LogP contribution in [0.1, 0.15) is 6.92 Å². The molecule has 106 valence electrons. The second-order valence-electron chi connectivity index (χ2n) is 3.78. The maximum absolute atomic E-state index is 13.6. The zero-order chi connectivity index (χ0) is 14.7. The third kappa shape index (κ3) is 3.32. The summed E-state index contributed by atoms with van der Waals surface area (Å²) in [7, 11) is 0. The molecule has 0 fully saturated rings. The summed E-state index contributed by atoms with van der Waals surface area (Å²) in [6.45, 7) is 2.50. The van der Waals surface area contributed by atoms with Gasteiger partial charge in [-0.1, -0.05) is 15.9 Å². The maximum Gasteiger partial charge on any atom is 0.226 e. The average Bonchev–Trinajstić information content (AvgIpc) is 2.35. The van der Waals surface area contributed by atoms with E-state index in [0.717, 1.165) is 6.07 Å². The first kappa shape index (κ1) is 14.4. The fourth-order valence-corrected chi connectivity index (χ4v) is 1.89. The zero-order valence-corrected chi connectivity index (χ0v) is 12.0. The Kier molecular flexibility index (Phi) is 4.33. The number of anilines is 2. The number of nitrogens with zero attached hydrogens (tertiary/aromatic N) is 2. The molecule has 0 saturated heterocycles. The second-order valence-corrected chi connectivity index (χ2v) is 4.70. The Morgan fingerprint density at radius 3 is 2.75 bits per heavy atom. The summed E-state index contributed by atoms with van der Waals surface area (Å²) in [5.41, 5.74) is 5.52. The minimum atomic E-state index is -1.10. The molecule has 3 N–H and O–H groups in total. The largest absolute Gasteiger partial charge is 0.436 e. The van der Waals surface area contributed by atoms with Gasteiger partial charge in [-0.05, 0) is 19.1 Å². The Labute approximate surface area is 122 Å². The average molecular weight is 345 g/mol. The number of rotatable bonds is 4. The van der Waals surface area contributed by atoms with Crippen molar-refractivity contribution in [2.75, 3.05) is 17.6 Å². The molecule has 0 spiro atoms. The SMILES string of the molecule is CCNc1cc(Oc2cc(Br)cc(F)c2F)nc(N)n1. The number of nitrogens with one attached hydrogen (secondary N) is 1. The summed E-state index contributed by atoms with van der Waals surface area (Å²) in [5.74, 6) is -2.00. The van der Waals surface area contributed by atoms with Crippen LogP contribution < -0.4 is 15.8 Å². The third-order valence-corrected chi connectivity index (χ3v) is 2.71. The van der Waals surface area contributed by atoms with Gasteiger partial charge >= 0.3 is 0 Å². The number of hydrogen-bond acceptors (Lipinski definition) is 5. The topological polar surface area (TPSA) is 73.1 Å². The Hall–Kier alpha value is -1.96. The molecule has 5 nitrogen and oxygen atoms in total. The van der Waals surface area contributed by atoms with Gasteiger partial charge in [0.05, 0.1) is 0 Å². The van der Waals surface area contributed by atoms with Crippen molar-refractivity contribution in [2.24, 2.45) is 0 Å². The zero-order valence-electron chi connectivity index (χ0n) is 10.5. The van der Waals surface area contributed by atoms with E-state index in [-0.39, 0.29) is 17.6 Å². The molecule has 0 aliphatic rings. The lowest BCUT2D eigenvalue weighted by atomic mass is 10.3. The van der Waals surface area contributed by atoms with Gasteiger partial charge in [0.1, 0.15) is 5.82 Å². The van der Waals surface area contributed by atoms with Gasteiger partial charge in [-0.3, -0.25) is 0 Å². The van der Waals surface area contributed by atoms with Gasteiger partial charge in [-0.2, -0.15) is 14.4 Å². The van der Waals surface area contributed by atoms with E-state index >= 15 is 0 Å². The van der Waals surface area contributed by atoms with E-state index in [1.165, 1.54) is 12.1 Å². The third-order valence-electron chi connectivity index (χ3n) is 2.25. The number of halogens is 3. The van der Waals surface area contributed by atoms with Gasteiger partial charge in [-0.15, -0.1) is 0 Å². The first-order chi connectivity index (χ1) is 9.49. The summed E-state index contributed by atoms with van der Waals surface area (Å²) >= 11 is 3.06. The molecular formula is C12H11BrF2N4O. The molecule has 0 aliphatic heterocycles. The molecule has 1 aromatic heterocycles. The normalized spacial score (nSPS) is 10.4. The lowest BCUT2D eigenvalue weighted by molar-refractivity contribution is 0.405. The minimum absolute atomic E-state index is 0.0184. The van der Waals surface area contributed by atoms with E-state index in [1.807, 2.05) is 6.92 Å². The molecule has 20 heavy (non-hydrogen) atoms. The Balaban J connectivity index is 2.34. The van der Waals surface area contributed by atoms with E-state index < -0.39 is 11.6 Å². The molecule has 1 aromatic carbocycles. The lowest BCUT2D eigenvalue weighted by Crippen LogP contribution is -2.04. The predicted molar refractivity (Wildman–Crippen MR) is 74.7 cm³/mol. The smallest absolute Gasteiger partial charge is 0.226 e. The highest BCUT2D eigenvalue weighted by Gasteiger charge is 2.13. The monoisotopic (exact) mass is 344 g/mol. The van der Waals surface area contributed by atoms with E-state index in [2.05, 4.69) is 31.2 Å². The van der Waals surface area contributed by atoms with E-state index in [0.29, 0.717) is 16.8 Å². The van der Waals surface area contributed by atoms with Crippen LogP contribution in [-0.2, 0) is 0 Å². The van der Waals surface area contributed by atoms with Crippen LogP contribution in [0.2, 0.25) is 0 Å². The minimum Gasteiger partial charge on any atom is -0.436 e. The number of nitrogen functional groups attached to an aromatic ring is 1. The molecule has 1 heterocycles. The summed E-state index contributed by atoms with van der Waals surface area (Å²) < 4.78 is 32.4. The van der Waals surface area contributed by atoms with Crippen molar-refractivity contribution in [1.82, 2.24) is 9.97 Å². The van der Waals surface area contributed by atoms with Gasteiger partial charge in [0.15, 0.2) is 11.6 Å². The van der Waals surface area contributed by atoms with Crippen molar-refractivity contribution in [3.8, 4) is 11.6 Å². The first-order valence-corrected chi connectivity index (χ1v) is 6.49. The number of hydrogen-bond donors (Lipinski definition) is 2. The van der Waals surface area contributed by atoms with Crippen molar-refractivity contribution >= 4 is 27.7 Å². The van der Waals surface area contributed by atoms with E-state index in [4.69, 9.17) is 10.5 Å². The number of aromatic nitrogens is 2. The molecular weight excluding hydrogens is 334 g/mol. The van der Waals surface area contributed by atoms with Crippen molar-refractivity contribution in [3.63, 3.8) is 0 Å². The second kappa shape index (κ2) is 6.00. The summed E-state index contributed by atoms with van der Waals surface area (Å²) in [5, 5.41) is 2.92. The van der Waals surface area contributed by atoms with E-state index in [1.54, 1.807) is 0 Å². The van der Waals surface area contributed by atoms with Crippen LogP contribution in [0.25, 0.3) is 0 Å². The lowest BCUT2D eigenvalue weighted by Gasteiger charge is -2.09. The first-order valence-electron chi connectivity index (χ1n) is 5.70. The fourth-order valence-electron chi connectivity index (χ4n) is 1.49. The van der Waals surface area contributed by atoms with Crippen LogP contribution in [0.3, 0.4) is 0 Å². The van der Waals surface area contributed by atoms with Crippen molar-refractivity contribution in [2.45, 2.75) is 6.92 Å².